The van der Waals surface area contributed by atoms with Crippen LogP contribution in [-0.4, -0.2) is 34.7 Å². The summed E-state index contributed by atoms with van der Waals surface area (Å²) in [5.41, 5.74) is 6.17. The lowest BCUT2D eigenvalue weighted by atomic mass is 9.95. The first-order valence-corrected chi connectivity index (χ1v) is 12.4. The summed E-state index contributed by atoms with van der Waals surface area (Å²) < 4.78 is 11.5. The Bertz CT molecular complexity index is 1380. The highest BCUT2D eigenvalue weighted by Gasteiger charge is 2.42. The molecule has 6 nitrogen and oxygen atoms in total. The molecule has 5 rings (SSSR count). The van der Waals surface area contributed by atoms with Gasteiger partial charge in [-0.25, -0.2) is 0 Å². The number of aromatic amines is 1. The van der Waals surface area contributed by atoms with Crippen LogP contribution < -0.4 is 9.47 Å². The van der Waals surface area contributed by atoms with Crippen LogP contribution in [0.5, 0.6) is 11.5 Å². The number of aryl methyl sites for hydroxylation is 1. The molecule has 0 aliphatic carbocycles. The van der Waals surface area contributed by atoms with E-state index < -0.39 is 0 Å². The lowest BCUT2D eigenvalue weighted by Gasteiger charge is -2.27. The van der Waals surface area contributed by atoms with Crippen molar-refractivity contribution in [3.8, 4) is 22.8 Å². The van der Waals surface area contributed by atoms with Gasteiger partial charge in [0.2, 0.25) is 0 Å². The van der Waals surface area contributed by atoms with E-state index in [1.165, 1.54) is 0 Å². The summed E-state index contributed by atoms with van der Waals surface area (Å²) in [7, 11) is 1.63. The topological polar surface area (TPSA) is 67.5 Å². The zero-order valence-corrected chi connectivity index (χ0v) is 21.3. The third-order valence-electron chi connectivity index (χ3n) is 6.42. The molecule has 36 heavy (non-hydrogen) atoms. The van der Waals surface area contributed by atoms with Gasteiger partial charge in [-0.3, -0.25) is 9.89 Å². The molecule has 1 aliphatic rings. The molecule has 0 fully saturated rings. The fourth-order valence-corrected chi connectivity index (χ4v) is 4.74. The number of carbonyl (C=O) groups excluding carboxylic acids is 1. The standard InChI is InChI=1S/C29H28ClN3O3/c1-4-15-36-23-14-11-21(16-24(23)35-3)28-25-26(20-9-5-18(2)6-10-20)31-32-27(25)29(34)33(28)17-19-7-12-22(30)13-8-19/h5-14,16,28H,4,15,17H2,1-3H3,(H,31,32). The zero-order valence-electron chi connectivity index (χ0n) is 20.5. The Kier molecular flexibility index (Phi) is 6.70. The molecule has 0 spiro atoms. The zero-order chi connectivity index (χ0) is 25.2. The molecule has 1 aliphatic heterocycles. The number of halogens is 1. The van der Waals surface area contributed by atoms with E-state index in [-0.39, 0.29) is 11.9 Å². The molecular formula is C29H28ClN3O3. The monoisotopic (exact) mass is 501 g/mol. The Hall–Kier alpha value is -3.77. The van der Waals surface area contributed by atoms with Crippen molar-refractivity contribution in [1.82, 2.24) is 15.1 Å². The van der Waals surface area contributed by atoms with Crippen molar-refractivity contribution in [2.75, 3.05) is 13.7 Å². The van der Waals surface area contributed by atoms with Gasteiger partial charge in [-0.15, -0.1) is 0 Å². The molecule has 0 radical (unpaired) electrons. The average Bonchev–Trinajstić information content (AvgIpc) is 3.43. The van der Waals surface area contributed by atoms with Gasteiger partial charge in [0.15, 0.2) is 11.5 Å². The molecule has 0 bridgehead atoms. The predicted octanol–water partition coefficient (Wildman–Crippen LogP) is 6.58. The minimum Gasteiger partial charge on any atom is -0.493 e. The number of H-pyrrole nitrogens is 1. The van der Waals surface area contributed by atoms with Gasteiger partial charge in [0.05, 0.1) is 25.5 Å². The number of hydrogen-bond acceptors (Lipinski definition) is 4. The summed E-state index contributed by atoms with van der Waals surface area (Å²) in [4.78, 5) is 15.6. The maximum Gasteiger partial charge on any atom is 0.273 e. The predicted molar refractivity (Wildman–Crippen MR) is 141 cm³/mol. The van der Waals surface area contributed by atoms with Crippen LogP contribution in [0.4, 0.5) is 0 Å². The van der Waals surface area contributed by atoms with E-state index >= 15 is 0 Å². The van der Waals surface area contributed by atoms with Crippen molar-refractivity contribution in [3.63, 3.8) is 0 Å². The Labute approximate surface area is 215 Å². The highest BCUT2D eigenvalue weighted by atomic mass is 35.5. The van der Waals surface area contributed by atoms with E-state index in [0.29, 0.717) is 35.4 Å². The number of rotatable bonds is 8. The normalized spacial score (nSPS) is 14.7. The summed E-state index contributed by atoms with van der Waals surface area (Å²) in [6.45, 7) is 5.14. The van der Waals surface area contributed by atoms with Crippen LogP contribution in [0.25, 0.3) is 11.3 Å². The van der Waals surface area contributed by atoms with Gasteiger partial charge in [0, 0.05) is 22.7 Å². The molecule has 2 heterocycles. The molecule has 3 aromatic carbocycles. The number of ether oxygens (including phenoxy) is 2. The highest BCUT2D eigenvalue weighted by molar-refractivity contribution is 6.30. The quantitative estimate of drug-likeness (QED) is 0.296. The third-order valence-corrected chi connectivity index (χ3v) is 6.67. The van der Waals surface area contributed by atoms with Gasteiger partial charge >= 0.3 is 0 Å². The molecule has 0 saturated carbocycles. The van der Waals surface area contributed by atoms with Gasteiger partial charge in [-0.1, -0.05) is 66.6 Å². The van der Waals surface area contributed by atoms with Gasteiger partial charge in [0.1, 0.15) is 5.69 Å². The Morgan fingerprint density at radius 1 is 1.03 bits per heavy atom. The van der Waals surface area contributed by atoms with Crippen LogP contribution >= 0.6 is 11.6 Å². The number of fused-ring (bicyclic) bond motifs is 1. The van der Waals surface area contributed by atoms with Crippen molar-refractivity contribution < 1.29 is 14.3 Å². The van der Waals surface area contributed by atoms with Gasteiger partial charge in [-0.2, -0.15) is 5.10 Å². The first-order chi connectivity index (χ1) is 17.5. The van der Waals surface area contributed by atoms with E-state index in [9.17, 15) is 4.79 Å². The van der Waals surface area contributed by atoms with Crippen molar-refractivity contribution in [2.24, 2.45) is 0 Å². The van der Waals surface area contributed by atoms with E-state index in [1.807, 2.05) is 66.4 Å². The fraction of sp³-hybridized carbons (Fsp3) is 0.241. The summed E-state index contributed by atoms with van der Waals surface area (Å²) in [5, 5.41) is 8.25. The van der Waals surface area contributed by atoms with Crippen molar-refractivity contribution in [3.05, 3.63) is 99.7 Å². The molecule has 1 unspecified atom stereocenters. The van der Waals surface area contributed by atoms with Crippen molar-refractivity contribution >= 4 is 17.5 Å². The SMILES string of the molecule is CCCOc1ccc(C2c3c(-c4ccc(C)cc4)n[nH]c3C(=O)N2Cc2ccc(Cl)cc2)cc1OC. The first kappa shape index (κ1) is 23.9. The Morgan fingerprint density at radius 3 is 2.47 bits per heavy atom. The molecule has 184 valence electrons. The lowest BCUT2D eigenvalue weighted by molar-refractivity contribution is 0.0730. The third kappa shape index (κ3) is 4.44. The highest BCUT2D eigenvalue weighted by Crippen LogP contribution is 2.45. The van der Waals surface area contributed by atoms with E-state index in [1.54, 1.807) is 7.11 Å². The van der Waals surface area contributed by atoms with Crippen LogP contribution in [0.1, 0.15) is 52.1 Å². The second kappa shape index (κ2) is 10.1. The number of amides is 1. The maximum atomic E-state index is 13.7. The van der Waals surface area contributed by atoms with Gasteiger partial charge in [-0.05, 0) is 48.7 Å². The molecule has 7 heteroatoms. The minimum atomic E-state index is -0.354. The van der Waals surface area contributed by atoms with Crippen LogP contribution in [0.2, 0.25) is 5.02 Å². The van der Waals surface area contributed by atoms with Crippen molar-refractivity contribution in [2.45, 2.75) is 32.9 Å². The number of benzene rings is 3. The van der Waals surface area contributed by atoms with Crippen LogP contribution in [-0.2, 0) is 6.54 Å². The fourth-order valence-electron chi connectivity index (χ4n) is 4.61. The Balaban J connectivity index is 1.62. The molecule has 1 atom stereocenters. The second-order valence-electron chi connectivity index (χ2n) is 8.95. The largest absolute Gasteiger partial charge is 0.493 e. The lowest BCUT2D eigenvalue weighted by Crippen LogP contribution is -2.29. The van der Waals surface area contributed by atoms with Crippen LogP contribution in [0.15, 0.2) is 66.7 Å². The van der Waals surface area contributed by atoms with E-state index in [0.717, 1.165) is 39.9 Å². The molecule has 1 N–H and O–H groups in total. The van der Waals surface area contributed by atoms with Gasteiger partial charge < -0.3 is 14.4 Å². The van der Waals surface area contributed by atoms with Crippen LogP contribution in [0.3, 0.4) is 0 Å². The summed E-state index contributed by atoms with van der Waals surface area (Å²) in [5.74, 6) is 1.22. The molecule has 1 aromatic heterocycles. The number of aromatic nitrogens is 2. The Morgan fingerprint density at radius 2 is 1.78 bits per heavy atom. The molecule has 0 saturated heterocycles. The smallest absolute Gasteiger partial charge is 0.273 e. The summed E-state index contributed by atoms with van der Waals surface area (Å²) in [6, 6.07) is 21.3. The van der Waals surface area contributed by atoms with E-state index in [4.69, 9.17) is 21.1 Å². The molecule has 1 amide bonds. The first-order valence-electron chi connectivity index (χ1n) is 12.0. The minimum absolute atomic E-state index is 0.0962. The van der Waals surface area contributed by atoms with Crippen molar-refractivity contribution in [1.29, 1.82) is 0 Å². The van der Waals surface area contributed by atoms with E-state index in [2.05, 4.69) is 29.3 Å². The summed E-state index contributed by atoms with van der Waals surface area (Å²) >= 11 is 6.10. The number of methoxy groups -OCH3 is 1. The summed E-state index contributed by atoms with van der Waals surface area (Å²) in [6.07, 6.45) is 0.898. The number of nitrogens with one attached hydrogen (secondary N) is 1. The molecular weight excluding hydrogens is 474 g/mol. The number of nitrogens with zero attached hydrogens (tertiary/aromatic N) is 2. The number of hydrogen-bond donors (Lipinski definition) is 1. The maximum absolute atomic E-state index is 13.7. The number of carbonyl (C=O) groups is 1. The second-order valence-corrected chi connectivity index (χ2v) is 9.38. The molecule has 4 aromatic rings. The average molecular weight is 502 g/mol. The van der Waals surface area contributed by atoms with Gasteiger partial charge in [0.25, 0.3) is 5.91 Å². The van der Waals surface area contributed by atoms with Crippen LogP contribution in [0, 0.1) is 6.92 Å².